The van der Waals surface area contributed by atoms with Crippen molar-refractivity contribution in [2.24, 2.45) is 0 Å². The van der Waals surface area contributed by atoms with Crippen LogP contribution in [0, 0.1) is 0 Å². The van der Waals surface area contributed by atoms with E-state index in [1.807, 2.05) is 30.3 Å². The van der Waals surface area contributed by atoms with E-state index >= 15 is 0 Å². The molecule has 0 bridgehead atoms. The molecule has 0 fully saturated rings. The fraction of sp³-hybridized carbons (Fsp3) is 0.500. The zero-order chi connectivity index (χ0) is 10.9. The first-order valence-electron chi connectivity index (χ1n) is 5.62. The summed E-state index contributed by atoms with van der Waals surface area (Å²) >= 11 is 2.09. The Morgan fingerprint density at radius 1 is 1.33 bits per heavy atom. The van der Waals surface area contributed by atoms with Gasteiger partial charge in [-0.1, -0.05) is 25.1 Å². The van der Waals surface area contributed by atoms with Crippen molar-refractivity contribution in [3.63, 3.8) is 0 Å². The average molecular weight is 240 g/mol. The molecule has 15 heavy (non-hydrogen) atoms. The Kier molecular flexibility index (Phi) is 6.60. The molecule has 1 aromatic carbocycles. The highest BCUT2D eigenvalue weighted by molar-refractivity contribution is 8.00. The molecule has 1 aromatic rings. The third-order valence-corrected chi connectivity index (χ3v) is 5.52. The second-order valence-corrected chi connectivity index (χ2v) is 7.38. The molecule has 0 heterocycles. The zero-order valence-electron chi connectivity index (χ0n) is 9.61. The van der Waals surface area contributed by atoms with Crippen molar-refractivity contribution in [2.45, 2.75) is 24.6 Å². The topological polar surface area (TPSA) is 9.23 Å². The van der Waals surface area contributed by atoms with Gasteiger partial charge < -0.3 is 4.74 Å². The van der Waals surface area contributed by atoms with Crippen LogP contribution in [-0.2, 0) is 0 Å². The molecule has 1 unspecified atom stereocenters. The third-order valence-electron chi connectivity index (χ3n) is 2.28. The van der Waals surface area contributed by atoms with Gasteiger partial charge in [0.2, 0.25) is 0 Å². The van der Waals surface area contributed by atoms with Gasteiger partial charge >= 0.3 is 0 Å². The summed E-state index contributed by atoms with van der Waals surface area (Å²) in [6.45, 7) is 3.11. The normalized spacial score (nSPS) is 12.6. The molecule has 1 rings (SSSR count). The fourth-order valence-corrected chi connectivity index (χ4v) is 2.80. The molecule has 0 amide bonds. The molecule has 0 aromatic heterocycles. The van der Waals surface area contributed by atoms with Crippen LogP contribution in [0.25, 0.3) is 0 Å². The summed E-state index contributed by atoms with van der Waals surface area (Å²) in [5.41, 5.74) is 0. The van der Waals surface area contributed by atoms with Crippen molar-refractivity contribution in [2.75, 3.05) is 12.4 Å². The molecule has 1 atom stereocenters. The highest BCUT2D eigenvalue weighted by Crippen LogP contribution is 2.13. The molecule has 1 nitrogen and oxygen atoms in total. The Balaban J connectivity index is 2.03. The maximum Gasteiger partial charge on any atom is 0.119 e. The van der Waals surface area contributed by atoms with Gasteiger partial charge in [-0.25, -0.2) is 0 Å². The maximum atomic E-state index is 5.62. The molecule has 0 aliphatic rings. The molecule has 0 aliphatic heterocycles. The molecule has 0 saturated heterocycles. The summed E-state index contributed by atoms with van der Waals surface area (Å²) in [5.74, 6) is 2.22. The quantitative estimate of drug-likeness (QED) is 0.534. The molecule has 0 N–H and O–H groups in total. The van der Waals surface area contributed by atoms with Crippen LogP contribution in [-0.4, -0.2) is 27.5 Å². The largest absolute Gasteiger partial charge is 0.494 e. The Bertz CT molecular complexity index is 253. The minimum Gasteiger partial charge on any atom is -0.494 e. The zero-order valence-corrected chi connectivity index (χ0v) is 12.4. The van der Waals surface area contributed by atoms with Crippen molar-refractivity contribution in [1.82, 2.24) is 0 Å². The van der Waals surface area contributed by atoms with Crippen molar-refractivity contribution in [1.29, 1.82) is 0 Å². The van der Waals surface area contributed by atoms with E-state index in [9.17, 15) is 0 Å². The number of benzene rings is 1. The number of ether oxygens (including phenoxy) is 1. The lowest BCUT2D eigenvalue weighted by Crippen LogP contribution is -2.03. The lowest BCUT2D eigenvalue weighted by molar-refractivity contribution is 0.318. The number of para-hydroxylation sites is 1. The van der Waals surface area contributed by atoms with Gasteiger partial charge in [-0.15, -0.1) is 0 Å². The number of rotatable bonds is 7. The Morgan fingerprint density at radius 2 is 2.07 bits per heavy atom. The maximum absolute atomic E-state index is 5.62. The summed E-state index contributed by atoms with van der Waals surface area (Å²) in [4.78, 5) is 0.918. The highest BCUT2D eigenvalue weighted by Gasteiger charge is 1.98. The van der Waals surface area contributed by atoms with E-state index in [0.29, 0.717) is 0 Å². The highest BCUT2D eigenvalue weighted by atomic mass is 32.2. The predicted molar refractivity (Wildman–Crippen MR) is 73.0 cm³/mol. The van der Waals surface area contributed by atoms with Crippen LogP contribution in [0.2, 0.25) is 0 Å². The first-order valence-corrected chi connectivity index (χ1v) is 7.82. The van der Waals surface area contributed by atoms with Gasteiger partial charge in [-0.3, -0.25) is 0 Å². The Morgan fingerprint density at radius 3 is 2.73 bits per heavy atom. The van der Waals surface area contributed by atoms with Crippen LogP contribution in [0.4, 0.5) is 0 Å². The number of thioether (sulfide) groups is 1. The van der Waals surface area contributed by atoms with E-state index in [1.165, 1.54) is 22.4 Å². The van der Waals surface area contributed by atoms with Gasteiger partial charge in [-0.2, -0.15) is 11.8 Å². The van der Waals surface area contributed by atoms with Gasteiger partial charge in [0.25, 0.3) is 0 Å². The molecule has 3 heteroatoms. The van der Waals surface area contributed by atoms with Gasteiger partial charge in [0.05, 0.1) is 6.61 Å². The summed E-state index contributed by atoms with van der Waals surface area (Å²) in [6.07, 6.45) is 2.47. The average Bonchev–Trinajstić information content (AvgIpc) is 2.29. The third kappa shape index (κ3) is 5.90. The van der Waals surface area contributed by atoms with Crippen molar-refractivity contribution < 1.29 is 4.74 Å². The summed E-state index contributed by atoms with van der Waals surface area (Å²) in [6, 6.07) is 10.0. The number of hydrogen-bond donors (Lipinski definition) is 0. The lowest BCUT2D eigenvalue weighted by atomic mass is 10.3. The van der Waals surface area contributed by atoms with E-state index in [-0.39, 0.29) is 0 Å². The molecule has 0 saturated carbocycles. The van der Waals surface area contributed by atoms with Gasteiger partial charge in [-0.05, 0) is 35.6 Å². The second kappa shape index (κ2) is 7.82. The molecule has 0 aliphatic carbocycles. The summed E-state index contributed by atoms with van der Waals surface area (Å²) in [7, 11) is 1.31. The SMILES string of the molecule is CCC([SiH3])SCCCOc1ccccc1. The number of hydrogen-bond acceptors (Lipinski definition) is 2. The van der Waals surface area contributed by atoms with Crippen LogP contribution < -0.4 is 4.74 Å². The van der Waals surface area contributed by atoms with Gasteiger partial charge in [0.1, 0.15) is 5.75 Å². The minimum absolute atomic E-state index is 0.842. The van der Waals surface area contributed by atoms with Crippen molar-refractivity contribution in [3.8, 4) is 5.75 Å². The second-order valence-electron chi connectivity index (χ2n) is 3.60. The van der Waals surface area contributed by atoms with Crippen LogP contribution in [0.5, 0.6) is 5.75 Å². The molecule has 0 spiro atoms. The van der Waals surface area contributed by atoms with E-state index < -0.39 is 0 Å². The van der Waals surface area contributed by atoms with Crippen molar-refractivity contribution >= 4 is 22.0 Å². The monoisotopic (exact) mass is 240 g/mol. The van der Waals surface area contributed by atoms with E-state index in [4.69, 9.17) is 4.74 Å². The molecular formula is C12H20OSSi. The Hall–Kier alpha value is -0.413. The van der Waals surface area contributed by atoms with E-state index in [1.54, 1.807) is 0 Å². The standard InChI is InChI=1S/C12H20OSSi/c1-2-12(15)14-10-6-9-13-11-7-4-3-5-8-11/h3-5,7-8,12H,2,6,9-10H2,1,15H3. The van der Waals surface area contributed by atoms with E-state index in [0.717, 1.165) is 23.7 Å². The van der Waals surface area contributed by atoms with Gasteiger partial charge in [0, 0.05) is 10.2 Å². The summed E-state index contributed by atoms with van der Waals surface area (Å²) in [5, 5.41) is 0. The first kappa shape index (κ1) is 12.7. The summed E-state index contributed by atoms with van der Waals surface area (Å²) < 4.78 is 5.62. The first-order chi connectivity index (χ1) is 7.33. The lowest BCUT2D eigenvalue weighted by Gasteiger charge is -2.08. The van der Waals surface area contributed by atoms with Crippen molar-refractivity contribution in [3.05, 3.63) is 30.3 Å². The van der Waals surface area contributed by atoms with Crippen LogP contribution in [0.3, 0.4) is 0 Å². The van der Waals surface area contributed by atoms with E-state index in [2.05, 4.69) is 18.7 Å². The minimum atomic E-state index is 0.842. The van der Waals surface area contributed by atoms with Gasteiger partial charge in [0.15, 0.2) is 0 Å². The Labute approximate surface area is 100 Å². The van der Waals surface area contributed by atoms with Crippen LogP contribution in [0.1, 0.15) is 19.8 Å². The fourth-order valence-electron chi connectivity index (χ4n) is 1.17. The smallest absolute Gasteiger partial charge is 0.119 e. The molecular weight excluding hydrogens is 220 g/mol. The van der Waals surface area contributed by atoms with Crippen LogP contribution >= 0.6 is 11.8 Å². The predicted octanol–water partition coefficient (Wildman–Crippen LogP) is 2.29. The molecule has 84 valence electrons. The van der Waals surface area contributed by atoms with Crippen LogP contribution in [0.15, 0.2) is 30.3 Å². The molecule has 0 radical (unpaired) electrons.